The fraction of sp³-hybridized carbons (Fsp3) is 0.917. The zero-order chi connectivity index (χ0) is 12.0. The van der Waals surface area contributed by atoms with Crippen LogP contribution in [0.25, 0.3) is 0 Å². The molecule has 0 aromatic rings. The largest absolute Gasteiger partial charge is 0.338 e. The summed E-state index contributed by atoms with van der Waals surface area (Å²) in [5.41, 5.74) is 0. The zero-order valence-electron chi connectivity index (χ0n) is 10.8. The van der Waals surface area contributed by atoms with Gasteiger partial charge in [-0.1, -0.05) is 13.3 Å². The molecule has 0 aromatic carbocycles. The molecule has 1 fully saturated rings. The van der Waals surface area contributed by atoms with Gasteiger partial charge in [-0.05, 0) is 32.9 Å². The van der Waals surface area contributed by atoms with E-state index in [9.17, 15) is 4.79 Å². The van der Waals surface area contributed by atoms with Crippen molar-refractivity contribution in [1.29, 1.82) is 0 Å². The lowest BCUT2D eigenvalue weighted by atomic mass is 10.1. The Morgan fingerprint density at radius 3 is 2.88 bits per heavy atom. The number of rotatable bonds is 5. The summed E-state index contributed by atoms with van der Waals surface area (Å²) in [4.78, 5) is 15.9. The van der Waals surface area contributed by atoms with Gasteiger partial charge in [0.1, 0.15) is 0 Å². The van der Waals surface area contributed by atoms with Crippen LogP contribution in [0.1, 0.15) is 26.2 Å². The van der Waals surface area contributed by atoms with Crippen LogP contribution < -0.4 is 5.32 Å². The van der Waals surface area contributed by atoms with Gasteiger partial charge >= 0.3 is 6.03 Å². The maximum atomic E-state index is 11.8. The Bertz CT molecular complexity index is 218. The molecule has 0 saturated carbocycles. The highest BCUT2D eigenvalue weighted by Crippen LogP contribution is 2.16. The summed E-state index contributed by atoms with van der Waals surface area (Å²) < 4.78 is 0. The van der Waals surface area contributed by atoms with Crippen molar-refractivity contribution in [3.05, 3.63) is 0 Å². The van der Waals surface area contributed by atoms with Gasteiger partial charge in [-0.2, -0.15) is 0 Å². The van der Waals surface area contributed by atoms with E-state index in [1.54, 1.807) is 0 Å². The highest BCUT2D eigenvalue weighted by molar-refractivity contribution is 5.74. The van der Waals surface area contributed by atoms with E-state index in [1.165, 1.54) is 0 Å². The Hall–Kier alpha value is -0.770. The Balaban J connectivity index is 2.21. The molecule has 1 rings (SSSR count). The van der Waals surface area contributed by atoms with Crippen LogP contribution in [0.15, 0.2) is 0 Å². The van der Waals surface area contributed by atoms with E-state index in [4.69, 9.17) is 0 Å². The van der Waals surface area contributed by atoms with Gasteiger partial charge in [-0.15, -0.1) is 0 Å². The second kappa shape index (κ2) is 6.74. The number of carbonyl (C=O) groups excluding carboxylic acids is 1. The van der Waals surface area contributed by atoms with E-state index in [0.29, 0.717) is 5.92 Å². The summed E-state index contributed by atoms with van der Waals surface area (Å²) in [7, 11) is 4.17. The van der Waals surface area contributed by atoms with Gasteiger partial charge in [-0.25, -0.2) is 4.79 Å². The molecule has 0 spiro atoms. The minimum absolute atomic E-state index is 0.120. The van der Waals surface area contributed by atoms with Crippen LogP contribution in [0.2, 0.25) is 0 Å². The molecule has 2 amide bonds. The van der Waals surface area contributed by atoms with Crippen molar-refractivity contribution < 1.29 is 4.79 Å². The molecule has 0 bridgehead atoms. The molecular weight excluding hydrogens is 202 g/mol. The molecule has 0 aliphatic carbocycles. The lowest BCUT2D eigenvalue weighted by Gasteiger charge is -2.19. The van der Waals surface area contributed by atoms with Crippen molar-refractivity contribution in [1.82, 2.24) is 15.1 Å². The van der Waals surface area contributed by atoms with Crippen LogP contribution in [0.3, 0.4) is 0 Å². The third kappa shape index (κ3) is 4.39. The van der Waals surface area contributed by atoms with Crippen molar-refractivity contribution in [2.45, 2.75) is 26.2 Å². The first-order valence-electron chi connectivity index (χ1n) is 6.31. The van der Waals surface area contributed by atoms with Crippen molar-refractivity contribution in [2.24, 2.45) is 5.92 Å². The third-order valence-corrected chi connectivity index (χ3v) is 3.00. The van der Waals surface area contributed by atoms with E-state index in [-0.39, 0.29) is 6.03 Å². The molecule has 0 radical (unpaired) electrons. The Morgan fingerprint density at radius 2 is 2.25 bits per heavy atom. The maximum Gasteiger partial charge on any atom is 0.317 e. The number of nitrogens with one attached hydrogen (secondary N) is 1. The van der Waals surface area contributed by atoms with Gasteiger partial charge in [0.25, 0.3) is 0 Å². The third-order valence-electron chi connectivity index (χ3n) is 3.00. The van der Waals surface area contributed by atoms with Gasteiger partial charge in [0.15, 0.2) is 0 Å². The predicted octanol–water partition coefficient (Wildman–Crippen LogP) is 1.38. The smallest absolute Gasteiger partial charge is 0.317 e. The van der Waals surface area contributed by atoms with E-state index in [1.807, 2.05) is 4.90 Å². The molecule has 1 N–H and O–H groups in total. The topological polar surface area (TPSA) is 35.6 Å². The van der Waals surface area contributed by atoms with Crippen LogP contribution >= 0.6 is 0 Å². The summed E-state index contributed by atoms with van der Waals surface area (Å²) in [5, 5.41) is 2.97. The molecule has 1 aliphatic rings. The second-order valence-electron chi connectivity index (χ2n) is 4.95. The molecule has 4 nitrogen and oxygen atoms in total. The minimum Gasteiger partial charge on any atom is -0.338 e. The first-order chi connectivity index (χ1) is 7.63. The van der Waals surface area contributed by atoms with Gasteiger partial charge in [0.05, 0.1) is 0 Å². The molecule has 16 heavy (non-hydrogen) atoms. The number of carbonyl (C=O) groups is 1. The molecule has 1 aliphatic heterocycles. The first-order valence-corrected chi connectivity index (χ1v) is 6.31. The summed E-state index contributed by atoms with van der Waals surface area (Å²) in [6, 6.07) is 0.120. The van der Waals surface area contributed by atoms with Gasteiger partial charge in [0.2, 0.25) is 0 Å². The van der Waals surface area contributed by atoms with E-state index < -0.39 is 0 Å². The lowest BCUT2D eigenvalue weighted by Crippen LogP contribution is -2.39. The number of likely N-dealkylation sites (tertiary alicyclic amines) is 1. The fourth-order valence-electron chi connectivity index (χ4n) is 2.17. The summed E-state index contributed by atoms with van der Waals surface area (Å²) in [5.74, 6) is 0.645. The Labute approximate surface area is 99.0 Å². The number of hydrogen-bond acceptors (Lipinski definition) is 2. The summed E-state index contributed by atoms with van der Waals surface area (Å²) in [6.45, 7) is 5.85. The summed E-state index contributed by atoms with van der Waals surface area (Å²) >= 11 is 0. The van der Waals surface area contributed by atoms with E-state index in [2.05, 4.69) is 31.2 Å². The second-order valence-corrected chi connectivity index (χ2v) is 4.95. The van der Waals surface area contributed by atoms with Crippen LogP contribution in [-0.2, 0) is 0 Å². The van der Waals surface area contributed by atoms with Gasteiger partial charge in [0, 0.05) is 26.2 Å². The molecule has 0 unspecified atom stereocenters. The molecule has 4 heteroatoms. The van der Waals surface area contributed by atoms with Crippen molar-refractivity contribution in [3.8, 4) is 0 Å². The highest BCUT2D eigenvalue weighted by Gasteiger charge is 2.25. The van der Waals surface area contributed by atoms with Crippen molar-refractivity contribution in [2.75, 3.05) is 40.3 Å². The number of unbranched alkanes of at least 4 members (excludes halogenated alkanes) is 1. The maximum absolute atomic E-state index is 11.8. The molecule has 94 valence electrons. The minimum atomic E-state index is 0.120. The number of amides is 2. The molecule has 0 aromatic heterocycles. The summed E-state index contributed by atoms with van der Waals surface area (Å²) in [6.07, 6.45) is 3.34. The highest BCUT2D eigenvalue weighted by atomic mass is 16.2. The normalized spacial score (nSPS) is 20.5. The molecule has 1 atom stereocenters. The predicted molar refractivity (Wildman–Crippen MR) is 66.5 cm³/mol. The van der Waals surface area contributed by atoms with Crippen molar-refractivity contribution >= 4 is 6.03 Å². The van der Waals surface area contributed by atoms with Crippen LogP contribution in [0, 0.1) is 5.92 Å². The molecular formula is C12H25N3O. The van der Waals surface area contributed by atoms with Crippen LogP contribution in [-0.4, -0.2) is 56.1 Å². The van der Waals surface area contributed by atoms with E-state index in [0.717, 1.165) is 45.4 Å². The zero-order valence-corrected chi connectivity index (χ0v) is 10.8. The molecule has 1 saturated heterocycles. The van der Waals surface area contributed by atoms with Gasteiger partial charge < -0.3 is 15.1 Å². The quantitative estimate of drug-likeness (QED) is 0.720. The monoisotopic (exact) mass is 227 g/mol. The van der Waals surface area contributed by atoms with Crippen LogP contribution in [0.4, 0.5) is 4.79 Å². The fourth-order valence-corrected chi connectivity index (χ4v) is 2.17. The number of urea groups is 1. The van der Waals surface area contributed by atoms with Crippen molar-refractivity contribution in [3.63, 3.8) is 0 Å². The molecule has 1 heterocycles. The SMILES string of the molecule is CCCCNC(=O)N1CC[C@@H](CN(C)C)C1. The Morgan fingerprint density at radius 1 is 1.50 bits per heavy atom. The Kier molecular flexibility index (Phi) is 5.60. The average Bonchev–Trinajstić information content (AvgIpc) is 2.65. The number of nitrogens with zero attached hydrogens (tertiary/aromatic N) is 2. The number of hydrogen-bond donors (Lipinski definition) is 1. The van der Waals surface area contributed by atoms with Crippen LogP contribution in [0.5, 0.6) is 0 Å². The average molecular weight is 227 g/mol. The van der Waals surface area contributed by atoms with E-state index >= 15 is 0 Å². The first kappa shape index (κ1) is 13.3. The standard InChI is InChI=1S/C12H25N3O/c1-4-5-7-13-12(16)15-8-6-11(10-15)9-14(2)3/h11H,4-10H2,1-3H3,(H,13,16)/t11-/m0/s1. The van der Waals surface area contributed by atoms with Gasteiger partial charge in [-0.3, -0.25) is 0 Å². The lowest BCUT2D eigenvalue weighted by molar-refractivity contribution is 0.205.